The molecule has 0 bridgehead atoms. The Morgan fingerprint density at radius 1 is 1.04 bits per heavy atom. The van der Waals surface area contributed by atoms with E-state index in [0.29, 0.717) is 22.7 Å². The topological polar surface area (TPSA) is 92.5 Å². The molecule has 0 saturated heterocycles. The van der Waals surface area contributed by atoms with Crippen LogP contribution >= 0.6 is 0 Å². The van der Waals surface area contributed by atoms with E-state index >= 15 is 0 Å². The number of hydrogen-bond acceptors (Lipinski definition) is 5. The summed E-state index contributed by atoms with van der Waals surface area (Å²) >= 11 is 0. The van der Waals surface area contributed by atoms with Crippen LogP contribution < -0.4 is 5.32 Å². The van der Waals surface area contributed by atoms with Gasteiger partial charge in [-0.2, -0.15) is 0 Å². The van der Waals surface area contributed by atoms with Crippen LogP contribution in [0.15, 0.2) is 52.9 Å². The van der Waals surface area contributed by atoms with E-state index in [4.69, 9.17) is 4.42 Å². The fourth-order valence-electron chi connectivity index (χ4n) is 3.05. The molecule has 3 aromatic rings. The fourth-order valence-corrected chi connectivity index (χ4v) is 3.05. The second kappa shape index (κ2) is 6.77. The summed E-state index contributed by atoms with van der Waals surface area (Å²) in [4.78, 5) is 42.5. The number of nitrogens with zero attached hydrogens (tertiary/aromatic N) is 2. The summed E-state index contributed by atoms with van der Waals surface area (Å²) in [6, 6.07) is 13.6. The predicted molar refractivity (Wildman–Crippen MR) is 102 cm³/mol. The number of anilines is 1. The van der Waals surface area contributed by atoms with Gasteiger partial charge in [0.15, 0.2) is 0 Å². The van der Waals surface area contributed by atoms with Crippen LogP contribution in [0.5, 0.6) is 0 Å². The van der Waals surface area contributed by atoms with Gasteiger partial charge in [0.1, 0.15) is 12.3 Å². The van der Waals surface area contributed by atoms with Gasteiger partial charge in [0.2, 0.25) is 11.8 Å². The molecule has 4 rings (SSSR count). The van der Waals surface area contributed by atoms with Crippen molar-refractivity contribution in [2.75, 3.05) is 11.9 Å². The van der Waals surface area contributed by atoms with Gasteiger partial charge in [0.25, 0.3) is 11.8 Å². The molecule has 0 atom stereocenters. The monoisotopic (exact) mass is 375 g/mol. The van der Waals surface area contributed by atoms with E-state index in [1.807, 2.05) is 19.9 Å². The van der Waals surface area contributed by atoms with Crippen molar-refractivity contribution in [3.05, 3.63) is 71.1 Å². The van der Waals surface area contributed by atoms with Gasteiger partial charge in [0, 0.05) is 11.3 Å². The minimum absolute atomic E-state index is 0.317. The first-order chi connectivity index (χ1) is 13.4. The van der Waals surface area contributed by atoms with Gasteiger partial charge >= 0.3 is 0 Å². The first-order valence-corrected chi connectivity index (χ1v) is 8.73. The summed E-state index contributed by atoms with van der Waals surface area (Å²) in [6.45, 7) is 3.34. The highest BCUT2D eigenvalue weighted by Crippen LogP contribution is 2.25. The molecule has 28 heavy (non-hydrogen) atoms. The maximum Gasteiger partial charge on any atom is 0.262 e. The Morgan fingerprint density at radius 2 is 1.71 bits per heavy atom. The molecule has 140 valence electrons. The number of carbonyl (C=O) groups is 3. The molecule has 1 aromatic heterocycles. The van der Waals surface area contributed by atoms with Gasteiger partial charge in [-0.15, -0.1) is 0 Å². The number of nitrogens with one attached hydrogen (secondary N) is 1. The number of imide groups is 1. The van der Waals surface area contributed by atoms with Crippen molar-refractivity contribution in [1.82, 2.24) is 9.88 Å². The van der Waals surface area contributed by atoms with E-state index in [1.54, 1.807) is 42.5 Å². The zero-order valence-corrected chi connectivity index (χ0v) is 15.4. The van der Waals surface area contributed by atoms with E-state index in [9.17, 15) is 14.4 Å². The minimum atomic E-state index is -0.466. The summed E-state index contributed by atoms with van der Waals surface area (Å²) in [5.74, 6) is -0.196. The lowest BCUT2D eigenvalue weighted by molar-refractivity contribution is -0.116. The third kappa shape index (κ3) is 3.07. The smallest absolute Gasteiger partial charge is 0.262 e. The third-order valence-electron chi connectivity index (χ3n) is 4.60. The summed E-state index contributed by atoms with van der Waals surface area (Å²) in [7, 11) is 0. The van der Waals surface area contributed by atoms with E-state index in [2.05, 4.69) is 10.3 Å². The molecule has 2 heterocycles. The first-order valence-electron chi connectivity index (χ1n) is 8.73. The van der Waals surface area contributed by atoms with Gasteiger partial charge in [-0.25, -0.2) is 4.98 Å². The third-order valence-corrected chi connectivity index (χ3v) is 4.60. The quantitative estimate of drug-likeness (QED) is 0.707. The SMILES string of the molecule is Cc1nc(-c2cccc(NC(=O)CN3C(=O)c4ccccc4C3=O)c2)oc1C. The van der Waals surface area contributed by atoms with E-state index in [-0.39, 0.29) is 6.54 Å². The highest BCUT2D eigenvalue weighted by molar-refractivity contribution is 6.22. The van der Waals surface area contributed by atoms with Crippen molar-refractivity contribution in [2.24, 2.45) is 0 Å². The highest BCUT2D eigenvalue weighted by atomic mass is 16.4. The molecule has 0 spiro atoms. The van der Waals surface area contributed by atoms with Gasteiger partial charge in [0.05, 0.1) is 16.8 Å². The zero-order valence-electron chi connectivity index (χ0n) is 15.4. The van der Waals surface area contributed by atoms with Crippen LogP contribution in [0.2, 0.25) is 0 Å². The number of oxazole rings is 1. The lowest BCUT2D eigenvalue weighted by Crippen LogP contribution is -2.37. The number of aromatic nitrogens is 1. The van der Waals surface area contributed by atoms with Crippen molar-refractivity contribution in [2.45, 2.75) is 13.8 Å². The lowest BCUT2D eigenvalue weighted by atomic mass is 10.1. The van der Waals surface area contributed by atoms with E-state index < -0.39 is 17.7 Å². The number of amides is 3. The molecule has 7 nitrogen and oxygen atoms in total. The Hall–Kier alpha value is -3.74. The van der Waals surface area contributed by atoms with Crippen molar-refractivity contribution in [3.8, 4) is 11.5 Å². The van der Waals surface area contributed by atoms with Gasteiger partial charge in [-0.1, -0.05) is 18.2 Å². The van der Waals surface area contributed by atoms with Crippen molar-refractivity contribution >= 4 is 23.4 Å². The summed E-state index contributed by atoms with van der Waals surface area (Å²) in [5, 5.41) is 2.71. The Balaban J connectivity index is 1.48. The largest absolute Gasteiger partial charge is 0.441 e. The molecule has 0 aliphatic carbocycles. The second-order valence-corrected chi connectivity index (χ2v) is 6.53. The Bertz CT molecular complexity index is 1060. The maximum atomic E-state index is 12.4. The molecule has 1 N–H and O–H groups in total. The minimum Gasteiger partial charge on any atom is -0.441 e. The average molecular weight is 375 g/mol. The first kappa shape index (κ1) is 17.7. The Labute approximate surface area is 161 Å². The summed E-state index contributed by atoms with van der Waals surface area (Å²) in [5.41, 5.74) is 2.67. The molecular formula is C21H17N3O4. The van der Waals surface area contributed by atoms with Crippen LogP contribution in [-0.2, 0) is 4.79 Å². The maximum absolute atomic E-state index is 12.4. The number of aryl methyl sites for hydroxylation is 2. The molecule has 7 heteroatoms. The number of rotatable bonds is 4. The summed E-state index contributed by atoms with van der Waals surface area (Å²) in [6.07, 6.45) is 0. The van der Waals surface area contributed by atoms with E-state index in [0.717, 1.165) is 21.9 Å². The standard InChI is InChI=1S/C21H17N3O4/c1-12-13(2)28-19(22-12)14-6-5-7-15(10-14)23-18(25)11-24-20(26)16-8-3-4-9-17(16)21(24)27/h3-10H,11H2,1-2H3,(H,23,25). The number of benzene rings is 2. The van der Waals surface area contributed by atoms with Crippen LogP contribution in [0, 0.1) is 13.8 Å². The van der Waals surface area contributed by atoms with E-state index in [1.165, 1.54) is 0 Å². The molecule has 1 aliphatic rings. The van der Waals surface area contributed by atoms with Crippen molar-refractivity contribution in [3.63, 3.8) is 0 Å². The molecule has 3 amide bonds. The molecule has 0 fully saturated rings. The van der Waals surface area contributed by atoms with Crippen LogP contribution in [0.3, 0.4) is 0 Å². The normalized spacial score (nSPS) is 13.0. The molecule has 1 aliphatic heterocycles. The van der Waals surface area contributed by atoms with Crippen molar-refractivity contribution in [1.29, 1.82) is 0 Å². The number of carbonyl (C=O) groups excluding carboxylic acids is 3. The zero-order chi connectivity index (χ0) is 19.8. The lowest BCUT2D eigenvalue weighted by Gasteiger charge is -2.13. The molecule has 0 radical (unpaired) electrons. The van der Waals surface area contributed by atoms with Gasteiger partial charge < -0.3 is 9.73 Å². The highest BCUT2D eigenvalue weighted by Gasteiger charge is 2.36. The molecule has 2 aromatic carbocycles. The average Bonchev–Trinajstić information content (AvgIpc) is 3.14. The van der Waals surface area contributed by atoms with Gasteiger partial charge in [-0.3, -0.25) is 19.3 Å². The Morgan fingerprint density at radius 3 is 2.32 bits per heavy atom. The van der Waals surface area contributed by atoms with Crippen LogP contribution in [0.25, 0.3) is 11.5 Å². The number of fused-ring (bicyclic) bond motifs is 1. The number of hydrogen-bond donors (Lipinski definition) is 1. The second-order valence-electron chi connectivity index (χ2n) is 6.53. The van der Waals surface area contributed by atoms with Crippen LogP contribution in [0.1, 0.15) is 32.2 Å². The van der Waals surface area contributed by atoms with Crippen molar-refractivity contribution < 1.29 is 18.8 Å². The van der Waals surface area contributed by atoms with Gasteiger partial charge in [-0.05, 0) is 44.2 Å². The van der Waals surface area contributed by atoms with Crippen LogP contribution in [0.4, 0.5) is 5.69 Å². The van der Waals surface area contributed by atoms with Crippen LogP contribution in [-0.4, -0.2) is 34.2 Å². The predicted octanol–water partition coefficient (Wildman–Crippen LogP) is 3.19. The fraction of sp³-hybridized carbons (Fsp3) is 0.143. The molecular weight excluding hydrogens is 358 g/mol. The summed E-state index contributed by atoms with van der Waals surface area (Å²) < 4.78 is 5.61. The molecule has 0 unspecified atom stereocenters. The molecule has 0 saturated carbocycles. The Kier molecular flexibility index (Phi) is 4.27.